The molecule has 0 unspecified atom stereocenters. The van der Waals surface area contributed by atoms with Crippen LogP contribution < -0.4 is 5.01 Å². The van der Waals surface area contributed by atoms with E-state index in [1.54, 1.807) is 17.2 Å². The monoisotopic (exact) mass is 351 g/mol. The van der Waals surface area contributed by atoms with Crippen LogP contribution in [0.1, 0.15) is 25.1 Å². The summed E-state index contributed by atoms with van der Waals surface area (Å²) >= 11 is 0. The summed E-state index contributed by atoms with van der Waals surface area (Å²) in [4.78, 5) is 21.7. The quantitative estimate of drug-likeness (QED) is 0.355. The number of aryl methyl sites for hydroxylation is 2. The molecule has 1 aromatic rings. The van der Waals surface area contributed by atoms with Crippen molar-refractivity contribution < 1.29 is 4.79 Å². The van der Waals surface area contributed by atoms with Crippen LogP contribution in [-0.4, -0.2) is 41.1 Å². The van der Waals surface area contributed by atoms with Gasteiger partial charge in [-0.05, 0) is 30.6 Å². The van der Waals surface area contributed by atoms with Gasteiger partial charge in [0, 0.05) is 11.9 Å². The molecule has 1 aliphatic heterocycles. The van der Waals surface area contributed by atoms with Gasteiger partial charge in [-0.15, -0.1) is 6.58 Å². The summed E-state index contributed by atoms with van der Waals surface area (Å²) in [6.07, 6.45) is 6.55. The number of amidine groups is 1. The molecule has 1 saturated heterocycles. The second kappa shape index (κ2) is 8.60. The number of hydrogen-bond donors (Lipinski definition) is 1. The summed E-state index contributed by atoms with van der Waals surface area (Å²) in [6, 6.07) is 3.87. The second-order valence-corrected chi connectivity index (χ2v) is 6.40. The Hall–Kier alpha value is -2.70. The molecule has 0 aliphatic carbocycles. The van der Waals surface area contributed by atoms with Gasteiger partial charge >= 0.3 is 0 Å². The number of carbonyl (C=O) groups excluding carboxylic acids is 1. The maximum Gasteiger partial charge on any atom is 0.278 e. The lowest BCUT2D eigenvalue weighted by atomic mass is 9.56. The van der Waals surface area contributed by atoms with Crippen LogP contribution in [0.4, 0.5) is 5.82 Å². The number of amides is 1. The zero-order chi connectivity index (χ0) is 19.3. The van der Waals surface area contributed by atoms with E-state index in [0.29, 0.717) is 12.4 Å². The fraction of sp³-hybridized carbons (Fsp3) is 0.368. The van der Waals surface area contributed by atoms with Crippen LogP contribution in [0.25, 0.3) is 0 Å². The number of hydrogen-bond acceptors (Lipinski definition) is 4. The van der Waals surface area contributed by atoms with Crippen LogP contribution in [0.5, 0.6) is 0 Å². The predicted octanol–water partition coefficient (Wildman–Crippen LogP) is 3.18. The Bertz CT molecular complexity index is 769. The minimum atomic E-state index is -0.268. The maximum atomic E-state index is 12.8. The second-order valence-electron chi connectivity index (χ2n) is 6.40. The van der Waals surface area contributed by atoms with Gasteiger partial charge in [0.1, 0.15) is 5.57 Å². The van der Waals surface area contributed by atoms with Crippen molar-refractivity contribution in [3.63, 3.8) is 0 Å². The molecule has 0 spiro atoms. The van der Waals surface area contributed by atoms with E-state index in [4.69, 9.17) is 10.4 Å². The van der Waals surface area contributed by atoms with Crippen molar-refractivity contribution in [2.24, 2.45) is 4.99 Å². The van der Waals surface area contributed by atoms with Gasteiger partial charge in [-0.1, -0.05) is 39.6 Å². The average molecular weight is 351 g/mol. The number of carbonyl (C=O) groups is 1. The first-order valence-corrected chi connectivity index (χ1v) is 8.98. The first-order chi connectivity index (χ1) is 12.4. The van der Waals surface area contributed by atoms with E-state index in [-0.39, 0.29) is 24.0 Å². The van der Waals surface area contributed by atoms with E-state index < -0.39 is 0 Å². The van der Waals surface area contributed by atoms with Gasteiger partial charge < -0.3 is 0 Å². The molecule has 1 fully saturated rings. The number of nitrogens with zero attached hydrogens (tertiary/aromatic N) is 4. The highest BCUT2D eigenvalue weighted by molar-refractivity contribution is 6.83. The van der Waals surface area contributed by atoms with Crippen molar-refractivity contribution in [2.45, 2.75) is 40.3 Å². The van der Waals surface area contributed by atoms with Gasteiger partial charge in [-0.25, -0.2) is 15.0 Å². The topological polar surface area (TPSA) is 72.7 Å². The van der Waals surface area contributed by atoms with E-state index in [0.717, 1.165) is 18.5 Å². The van der Waals surface area contributed by atoms with Gasteiger partial charge in [0.25, 0.3) is 5.91 Å². The molecule has 0 bridgehead atoms. The number of aromatic nitrogens is 1. The molecule has 1 aliphatic rings. The fourth-order valence-corrected chi connectivity index (χ4v) is 2.76. The Balaban J connectivity index is 2.47. The zero-order valence-corrected chi connectivity index (χ0v) is 16.0. The predicted molar refractivity (Wildman–Crippen MR) is 109 cm³/mol. The lowest BCUT2D eigenvalue weighted by molar-refractivity contribution is -0.124. The highest BCUT2D eigenvalue weighted by Crippen LogP contribution is 2.27. The number of pyridine rings is 1. The van der Waals surface area contributed by atoms with Crippen molar-refractivity contribution >= 4 is 30.4 Å². The molecule has 0 radical (unpaired) electrons. The largest absolute Gasteiger partial charge is 0.282 e. The Kier molecular flexibility index (Phi) is 6.49. The number of aliphatic imine (C=N–C) groups is 1. The van der Waals surface area contributed by atoms with Gasteiger partial charge in [0.15, 0.2) is 18.4 Å². The molecular weight excluding hydrogens is 325 g/mol. The van der Waals surface area contributed by atoms with Crippen LogP contribution in [0.15, 0.2) is 41.6 Å². The molecule has 0 aromatic carbocycles. The third kappa shape index (κ3) is 3.93. The molecule has 26 heavy (non-hydrogen) atoms. The number of anilines is 1. The summed E-state index contributed by atoms with van der Waals surface area (Å²) in [5, 5.41) is 11.5. The third-order valence-corrected chi connectivity index (χ3v) is 4.05. The van der Waals surface area contributed by atoms with E-state index in [1.165, 1.54) is 16.8 Å². The van der Waals surface area contributed by atoms with Crippen molar-refractivity contribution in [3.05, 3.63) is 47.8 Å². The fourth-order valence-electron chi connectivity index (χ4n) is 2.76. The molecule has 0 atom stereocenters. The van der Waals surface area contributed by atoms with Crippen molar-refractivity contribution in [2.75, 3.05) is 11.6 Å². The highest BCUT2D eigenvalue weighted by Gasteiger charge is 2.39. The molecule has 7 heteroatoms. The van der Waals surface area contributed by atoms with Crippen LogP contribution in [0.2, 0.25) is 13.6 Å². The summed E-state index contributed by atoms with van der Waals surface area (Å²) in [7, 11) is 0. The lowest BCUT2D eigenvalue weighted by Crippen LogP contribution is -2.41. The number of hydrazine groups is 1. The molecule has 1 aromatic heterocycles. The molecule has 2 heterocycles. The molecule has 1 amide bonds. The van der Waals surface area contributed by atoms with Gasteiger partial charge in [0.05, 0.1) is 6.54 Å². The van der Waals surface area contributed by atoms with Crippen molar-refractivity contribution in [1.29, 1.82) is 5.41 Å². The molecule has 136 valence electrons. The summed E-state index contributed by atoms with van der Waals surface area (Å²) in [6.45, 7) is 12.4. The lowest BCUT2D eigenvalue weighted by Gasteiger charge is -2.27. The van der Waals surface area contributed by atoms with Gasteiger partial charge in [0.2, 0.25) is 0 Å². The van der Waals surface area contributed by atoms with E-state index in [9.17, 15) is 4.79 Å². The first-order valence-electron chi connectivity index (χ1n) is 8.98. The third-order valence-electron chi connectivity index (χ3n) is 4.05. The molecule has 2 rings (SSSR count). The Morgan fingerprint density at radius 1 is 1.31 bits per heavy atom. The van der Waals surface area contributed by atoms with Crippen LogP contribution in [0.3, 0.4) is 0 Å². The smallest absolute Gasteiger partial charge is 0.278 e. The minimum absolute atomic E-state index is 0.0801. The van der Waals surface area contributed by atoms with Gasteiger partial charge in [-0.3, -0.25) is 15.2 Å². The zero-order valence-electron chi connectivity index (χ0n) is 16.0. The molecule has 1 N–H and O–H groups in total. The summed E-state index contributed by atoms with van der Waals surface area (Å²) in [5.74, 6) is 0.377. The summed E-state index contributed by atoms with van der Waals surface area (Å²) < 4.78 is 0. The molecule has 6 nitrogen and oxygen atoms in total. The van der Waals surface area contributed by atoms with Crippen LogP contribution in [0, 0.1) is 5.41 Å². The maximum absolute atomic E-state index is 12.8. The number of rotatable bonds is 7. The summed E-state index contributed by atoms with van der Waals surface area (Å²) in [5.41, 5.74) is 2.42. The van der Waals surface area contributed by atoms with E-state index in [1.807, 2.05) is 25.8 Å². The van der Waals surface area contributed by atoms with E-state index in [2.05, 4.69) is 25.4 Å². The minimum Gasteiger partial charge on any atom is -0.282 e. The average Bonchev–Trinajstić information content (AvgIpc) is 2.85. The molecule has 0 saturated carbocycles. The highest BCUT2D eigenvalue weighted by atomic mass is 16.2. The van der Waals surface area contributed by atoms with Crippen LogP contribution >= 0.6 is 0 Å². The Morgan fingerprint density at radius 2 is 2.04 bits per heavy atom. The SMILES string of the molecule is C=CCN1C(=O)/C(=C/N=CB(C)C)C(=N)N1c1ccc(CC)c(CC)n1. The van der Waals surface area contributed by atoms with Crippen molar-refractivity contribution in [1.82, 2.24) is 9.99 Å². The first kappa shape index (κ1) is 19.6. The van der Waals surface area contributed by atoms with E-state index >= 15 is 0 Å². The number of nitrogens with one attached hydrogen (secondary N) is 1. The molecular formula is C19H26BN5O. The Morgan fingerprint density at radius 3 is 2.62 bits per heavy atom. The Labute approximate surface area is 155 Å². The standard InChI is InChI=1S/C19H26BN5O/c1-6-11-24-19(26)15(12-22-13-20(4)5)18(21)25(24)17-10-9-14(7-2)16(8-3)23-17/h6,9-10,12-13,21H,1,7-8,11H2,2-5H3/b15-12+,21-18?,22-13?. The van der Waals surface area contributed by atoms with Gasteiger partial charge in [-0.2, -0.15) is 0 Å². The van der Waals surface area contributed by atoms with Crippen LogP contribution in [-0.2, 0) is 17.6 Å². The van der Waals surface area contributed by atoms with Crippen molar-refractivity contribution in [3.8, 4) is 0 Å². The normalized spacial score (nSPS) is 16.2.